The van der Waals surface area contributed by atoms with Crippen LogP contribution in [0.15, 0.2) is 27.6 Å². The van der Waals surface area contributed by atoms with E-state index >= 15 is 0 Å². The van der Waals surface area contributed by atoms with Gasteiger partial charge in [0.1, 0.15) is 0 Å². The third-order valence-corrected chi connectivity index (χ3v) is 5.30. The second-order valence-electron chi connectivity index (χ2n) is 4.11. The second kappa shape index (κ2) is 7.23. The minimum absolute atomic E-state index is 0.209. The third kappa shape index (κ3) is 4.76. The van der Waals surface area contributed by atoms with Crippen LogP contribution in [-0.4, -0.2) is 39.5 Å². The lowest BCUT2D eigenvalue weighted by Gasteiger charge is -2.18. The number of nitrogens with zero attached hydrogens (tertiary/aromatic N) is 1. The molecule has 0 saturated heterocycles. The normalized spacial score (nSPS) is 12.0. The van der Waals surface area contributed by atoms with Gasteiger partial charge in [0.15, 0.2) is 0 Å². The number of nitrogens with two attached hydrogens (primary N) is 1. The van der Waals surface area contributed by atoms with E-state index in [2.05, 4.69) is 39.4 Å². The smallest absolute Gasteiger partial charge is 0.241 e. The molecule has 3 N–H and O–H groups in total. The summed E-state index contributed by atoms with van der Waals surface area (Å²) >= 11 is 3.22. The molecule has 0 radical (unpaired) electrons. The van der Waals surface area contributed by atoms with E-state index < -0.39 is 10.0 Å². The molecule has 0 atom stereocenters. The van der Waals surface area contributed by atoms with Crippen molar-refractivity contribution in [2.45, 2.75) is 18.7 Å². The zero-order valence-electron chi connectivity index (χ0n) is 11.2. The van der Waals surface area contributed by atoms with Gasteiger partial charge in [-0.1, -0.05) is 13.8 Å². The predicted octanol–water partition coefficient (Wildman–Crippen LogP) is 1.65. The number of nitrogens with one attached hydrogen (secondary N) is 1. The van der Waals surface area contributed by atoms with E-state index in [0.717, 1.165) is 13.1 Å². The molecule has 0 bridgehead atoms. The summed E-state index contributed by atoms with van der Waals surface area (Å²) in [6.07, 6.45) is 0. The zero-order valence-corrected chi connectivity index (χ0v) is 13.6. The summed E-state index contributed by atoms with van der Waals surface area (Å²) in [6, 6.07) is 4.65. The van der Waals surface area contributed by atoms with E-state index in [-0.39, 0.29) is 4.90 Å². The van der Waals surface area contributed by atoms with Crippen molar-refractivity contribution in [1.29, 1.82) is 0 Å². The van der Waals surface area contributed by atoms with E-state index in [1.54, 1.807) is 12.1 Å². The molecule has 0 spiro atoms. The molecule has 0 heterocycles. The minimum Gasteiger partial charge on any atom is -0.399 e. The van der Waals surface area contributed by atoms with Crippen LogP contribution in [0.4, 0.5) is 5.69 Å². The number of likely N-dealkylation sites (N-methyl/N-ethyl adjacent to an activating group) is 1. The van der Waals surface area contributed by atoms with Crippen LogP contribution in [0.1, 0.15) is 13.8 Å². The Morgan fingerprint density at radius 3 is 2.47 bits per heavy atom. The van der Waals surface area contributed by atoms with Crippen LogP contribution < -0.4 is 10.5 Å². The first-order chi connectivity index (χ1) is 8.90. The molecule has 1 aromatic rings. The Balaban J connectivity index is 2.71. The Bertz CT molecular complexity index is 516. The molecule has 1 rings (SSSR count). The molecular weight excluding hydrogens is 330 g/mol. The summed E-state index contributed by atoms with van der Waals surface area (Å²) in [6.45, 7) is 7.00. The average molecular weight is 350 g/mol. The number of nitrogen functional groups attached to an aromatic ring is 1. The van der Waals surface area contributed by atoms with Gasteiger partial charge in [-0.05, 0) is 47.2 Å². The zero-order chi connectivity index (χ0) is 14.5. The maximum atomic E-state index is 12.1. The average Bonchev–Trinajstić information content (AvgIpc) is 2.34. The van der Waals surface area contributed by atoms with Crippen LogP contribution in [0, 0.1) is 0 Å². The van der Waals surface area contributed by atoms with Crippen molar-refractivity contribution in [1.82, 2.24) is 9.62 Å². The van der Waals surface area contributed by atoms with E-state index in [0.29, 0.717) is 23.2 Å². The Labute approximate surface area is 123 Å². The summed E-state index contributed by atoms with van der Waals surface area (Å²) in [5.41, 5.74) is 6.12. The number of hydrogen-bond acceptors (Lipinski definition) is 4. The summed E-state index contributed by atoms with van der Waals surface area (Å²) in [5.74, 6) is 0. The maximum absolute atomic E-state index is 12.1. The Morgan fingerprint density at radius 1 is 1.32 bits per heavy atom. The van der Waals surface area contributed by atoms with Gasteiger partial charge in [0.25, 0.3) is 0 Å². The van der Waals surface area contributed by atoms with Gasteiger partial charge in [-0.25, -0.2) is 13.1 Å². The number of hydrogen-bond donors (Lipinski definition) is 2. The fourth-order valence-electron chi connectivity index (χ4n) is 1.69. The van der Waals surface area contributed by atoms with Gasteiger partial charge in [-0.15, -0.1) is 0 Å². The predicted molar refractivity (Wildman–Crippen MR) is 81.5 cm³/mol. The molecule has 0 amide bonds. The van der Waals surface area contributed by atoms with Crippen LogP contribution >= 0.6 is 15.9 Å². The molecule has 0 aromatic heterocycles. The monoisotopic (exact) mass is 349 g/mol. The Hall–Kier alpha value is -0.630. The van der Waals surface area contributed by atoms with E-state index in [1.165, 1.54) is 6.07 Å². The van der Waals surface area contributed by atoms with Crippen molar-refractivity contribution in [2.75, 3.05) is 31.9 Å². The Kier molecular flexibility index (Phi) is 6.25. The number of halogens is 1. The lowest BCUT2D eigenvalue weighted by Crippen LogP contribution is -2.34. The van der Waals surface area contributed by atoms with Gasteiger partial charge in [-0.3, -0.25) is 0 Å². The highest BCUT2D eigenvalue weighted by atomic mass is 79.9. The van der Waals surface area contributed by atoms with Gasteiger partial charge in [-0.2, -0.15) is 0 Å². The highest BCUT2D eigenvalue weighted by molar-refractivity contribution is 9.10. The van der Waals surface area contributed by atoms with E-state index in [4.69, 9.17) is 5.73 Å². The highest BCUT2D eigenvalue weighted by Crippen LogP contribution is 2.23. The molecule has 108 valence electrons. The molecule has 0 saturated carbocycles. The first kappa shape index (κ1) is 16.4. The second-order valence-corrected chi connectivity index (χ2v) is 6.70. The maximum Gasteiger partial charge on any atom is 0.241 e. The van der Waals surface area contributed by atoms with Gasteiger partial charge >= 0.3 is 0 Å². The fraction of sp³-hybridized carbons (Fsp3) is 0.500. The molecule has 7 heteroatoms. The molecule has 0 aliphatic heterocycles. The molecular formula is C12H20BrN3O2S. The summed E-state index contributed by atoms with van der Waals surface area (Å²) < 4.78 is 27.3. The van der Waals surface area contributed by atoms with Gasteiger partial charge < -0.3 is 10.6 Å². The number of benzene rings is 1. The van der Waals surface area contributed by atoms with E-state index in [9.17, 15) is 8.42 Å². The largest absolute Gasteiger partial charge is 0.399 e. The van der Waals surface area contributed by atoms with Crippen molar-refractivity contribution in [3.05, 3.63) is 22.7 Å². The summed E-state index contributed by atoms with van der Waals surface area (Å²) in [7, 11) is -3.50. The van der Waals surface area contributed by atoms with Crippen molar-refractivity contribution in [3.8, 4) is 0 Å². The molecule has 0 aliphatic rings. The van der Waals surface area contributed by atoms with Crippen molar-refractivity contribution in [3.63, 3.8) is 0 Å². The molecule has 0 unspecified atom stereocenters. The number of rotatable bonds is 7. The van der Waals surface area contributed by atoms with Crippen LogP contribution in [-0.2, 0) is 10.0 Å². The standard InChI is InChI=1S/C12H20BrN3O2S/c1-3-16(4-2)8-7-15-19(17,18)12-6-5-10(14)9-11(12)13/h5-6,9,15H,3-4,7-8,14H2,1-2H3. The van der Waals surface area contributed by atoms with Crippen molar-refractivity contribution in [2.24, 2.45) is 0 Å². The molecule has 5 nitrogen and oxygen atoms in total. The minimum atomic E-state index is -3.50. The topological polar surface area (TPSA) is 75.4 Å². The first-order valence-corrected chi connectivity index (χ1v) is 8.45. The lowest BCUT2D eigenvalue weighted by molar-refractivity contribution is 0.309. The van der Waals surface area contributed by atoms with Crippen LogP contribution in [0.2, 0.25) is 0 Å². The lowest BCUT2D eigenvalue weighted by atomic mass is 10.3. The summed E-state index contributed by atoms with van der Waals surface area (Å²) in [5, 5.41) is 0. The third-order valence-electron chi connectivity index (χ3n) is 2.86. The number of anilines is 1. The SMILES string of the molecule is CCN(CC)CCNS(=O)(=O)c1ccc(N)cc1Br. The van der Waals surface area contributed by atoms with Gasteiger partial charge in [0.2, 0.25) is 10.0 Å². The van der Waals surface area contributed by atoms with Crippen LogP contribution in [0.25, 0.3) is 0 Å². The van der Waals surface area contributed by atoms with Crippen LogP contribution in [0.3, 0.4) is 0 Å². The Morgan fingerprint density at radius 2 is 1.95 bits per heavy atom. The van der Waals surface area contributed by atoms with Crippen molar-refractivity contribution < 1.29 is 8.42 Å². The fourth-order valence-corrected chi connectivity index (χ4v) is 3.80. The van der Waals surface area contributed by atoms with Crippen LogP contribution in [0.5, 0.6) is 0 Å². The van der Waals surface area contributed by atoms with Crippen molar-refractivity contribution >= 4 is 31.6 Å². The molecule has 0 fully saturated rings. The molecule has 19 heavy (non-hydrogen) atoms. The molecule has 1 aromatic carbocycles. The van der Waals surface area contributed by atoms with Gasteiger partial charge in [0, 0.05) is 23.2 Å². The highest BCUT2D eigenvalue weighted by Gasteiger charge is 2.17. The molecule has 0 aliphatic carbocycles. The number of sulfonamides is 1. The first-order valence-electron chi connectivity index (χ1n) is 6.17. The van der Waals surface area contributed by atoms with E-state index in [1.807, 2.05) is 0 Å². The quantitative estimate of drug-likeness (QED) is 0.734. The van der Waals surface area contributed by atoms with Gasteiger partial charge in [0.05, 0.1) is 4.90 Å². The summed E-state index contributed by atoms with van der Waals surface area (Å²) in [4.78, 5) is 2.36.